The van der Waals surface area contributed by atoms with Gasteiger partial charge in [-0.15, -0.1) is 0 Å². The normalized spacial score (nSPS) is 11.8. The van der Waals surface area contributed by atoms with Crippen LogP contribution < -0.4 is 13.8 Å². The number of sulfonamides is 1. The number of hydrogen-bond acceptors (Lipinski definition) is 5. The summed E-state index contributed by atoms with van der Waals surface area (Å²) in [6.45, 7) is -0.642. The molecule has 0 saturated carbocycles. The third-order valence-electron chi connectivity index (χ3n) is 4.51. The van der Waals surface area contributed by atoms with Crippen LogP contribution in [0.25, 0.3) is 0 Å². The number of carbonyl (C=O) groups is 1. The molecule has 0 atom stereocenters. The second-order valence-corrected chi connectivity index (χ2v) is 9.19. The van der Waals surface area contributed by atoms with Crippen LogP contribution in [0.2, 0.25) is 5.02 Å². The zero-order valence-electron chi connectivity index (χ0n) is 17.7. The summed E-state index contributed by atoms with van der Waals surface area (Å²) in [7, 11) is 0.247. The van der Waals surface area contributed by atoms with Gasteiger partial charge in [0.1, 0.15) is 6.54 Å². The van der Waals surface area contributed by atoms with Gasteiger partial charge in [0.25, 0.3) is 0 Å². The first-order valence-corrected chi connectivity index (χ1v) is 11.3. The SMILES string of the molecule is COc1ccc(CN(C)C(=O)CN(c2cc(C(F)(F)F)ccc2Cl)S(C)(=O)=O)cc1OC. The van der Waals surface area contributed by atoms with Crippen LogP contribution in [-0.2, 0) is 27.5 Å². The molecule has 32 heavy (non-hydrogen) atoms. The lowest BCUT2D eigenvalue weighted by Gasteiger charge is -2.26. The number of nitrogens with zero attached hydrogens (tertiary/aromatic N) is 2. The maximum Gasteiger partial charge on any atom is 0.416 e. The van der Waals surface area contributed by atoms with Crippen LogP contribution in [0, 0.1) is 0 Å². The summed E-state index contributed by atoms with van der Waals surface area (Å²) in [5.74, 6) is 0.283. The molecule has 2 aromatic carbocycles. The summed E-state index contributed by atoms with van der Waals surface area (Å²) >= 11 is 5.98. The van der Waals surface area contributed by atoms with Gasteiger partial charge in [0.15, 0.2) is 11.5 Å². The van der Waals surface area contributed by atoms with Gasteiger partial charge in [0.2, 0.25) is 15.9 Å². The van der Waals surface area contributed by atoms with Crippen LogP contribution in [0.3, 0.4) is 0 Å². The molecule has 2 rings (SSSR count). The molecule has 0 unspecified atom stereocenters. The molecular formula is C20H22ClF3N2O5S. The van der Waals surface area contributed by atoms with E-state index < -0.39 is 39.9 Å². The first-order chi connectivity index (χ1) is 14.8. The second kappa shape index (κ2) is 9.86. The van der Waals surface area contributed by atoms with Crippen molar-refractivity contribution in [3.63, 3.8) is 0 Å². The van der Waals surface area contributed by atoms with Gasteiger partial charge in [0.05, 0.1) is 36.7 Å². The summed E-state index contributed by atoms with van der Waals surface area (Å²) in [5, 5.41) is -0.237. The fraction of sp³-hybridized carbons (Fsp3) is 0.350. The van der Waals surface area contributed by atoms with Crippen molar-refractivity contribution in [3.05, 3.63) is 52.5 Å². The number of methoxy groups -OCH3 is 2. The summed E-state index contributed by atoms with van der Waals surface area (Å²) in [6, 6.07) is 7.28. The van der Waals surface area contributed by atoms with E-state index in [9.17, 15) is 26.4 Å². The fourth-order valence-electron chi connectivity index (χ4n) is 2.85. The van der Waals surface area contributed by atoms with Crippen LogP contribution in [0.15, 0.2) is 36.4 Å². The molecule has 0 aliphatic carbocycles. The third kappa shape index (κ3) is 6.19. The minimum atomic E-state index is -4.71. The highest BCUT2D eigenvalue weighted by Crippen LogP contribution is 2.36. The van der Waals surface area contributed by atoms with Crippen molar-refractivity contribution < 1.29 is 35.9 Å². The van der Waals surface area contributed by atoms with Gasteiger partial charge < -0.3 is 14.4 Å². The number of rotatable bonds is 8. The van der Waals surface area contributed by atoms with E-state index in [1.54, 1.807) is 18.2 Å². The Bertz CT molecular complexity index is 1090. The van der Waals surface area contributed by atoms with E-state index in [0.29, 0.717) is 27.4 Å². The van der Waals surface area contributed by atoms with Crippen molar-refractivity contribution in [2.45, 2.75) is 12.7 Å². The Morgan fingerprint density at radius 1 is 1.06 bits per heavy atom. The number of hydrogen-bond donors (Lipinski definition) is 0. The van der Waals surface area contributed by atoms with Crippen molar-refractivity contribution in [2.75, 3.05) is 38.4 Å². The zero-order chi connectivity index (χ0) is 24.3. The van der Waals surface area contributed by atoms with Crippen LogP contribution in [0.4, 0.5) is 18.9 Å². The lowest BCUT2D eigenvalue weighted by molar-refractivity contribution is -0.137. The standard InChI is InChI=1S/C20H22ClF3N2O5S/c1-25(11-13-5-8-17(30-2)18(9-13)31-3)19(27)12-26(32(4,28)29)16-10-14(20(22,23)24)6-7-15(16)21/h5-10H,11-12H2,1-4H3. The minimum absolute atomic E-state index is 0.0904. The van der Waals surface area contributed by atoms with Gasteiger partial charge in [0, 0.05) is 13.6 Å². The van der Waals surface area contributed by atoms with Gasteiger partial charge in [-0.05, 0) is 35.9 Å². The summed E-state index contributed by atoms with van der Waals surface area (Å²) in [5.41, 5.74) is -0.852. The average Bonchev–Trinajstić information content (AvgIpc) is 2.70. The van der Waals surface area contributed by atoms with Crippen molar-refractivity contribution >= 4 is 33.2 Å². The molecule has 0 spiro atoms. The molecule has 7 nitrogen and oxygen atoms in total. The first kappa shape index (κ1) is 25.6. The highest BCUT2D eigenvalue weighted by Gasteiger charge is 2.33. The predicted octanol–water partition coefficient (Wildman–Crippen LogP) is 3.80. The van der Waals surface area contributed by atoms with Gasteiger partial charge >= 0.3 is 6.18 Å². The monoisotopic (exact) mass is 494 g/mol. The van der Waals surface area contributed by atoms with Crippen LogP contribution in [0.5, 0.6) is 11.5 Å². The first-order valence-electron chi connectivity index (χ1n) is 9.07. The Hall–Kier alpha value is -2.66. The Kier molecular flexibility index (Phi) is 7.89. The summed E-state index contributed by atoms with van der Waals surface area (Å²) in [6.07, 6.45) is -3.93. The molecule has 0 aliphatic heterocycles. The fourth-order valence-corrected chi connectivity index (χ4v) is 3.97. The molecule has 0 saturated heterocycles. The van der Waals surface area contributed by atoms with Crippen LogP contribution >= 0.6 is 11.6 Å². The lowest BCUT2D eigenvalue weighted by atomic mass is 10.2. The highest BCUT2D eigenvalue weighted by molar-refractivity contribution is 7.92. The van der Waals surface area contributed by atoms with Crippen molar-refractivity contribution in [2.24, 2.45) is 0 Å². The molecule has 0 aliphatic rings. The zero-order valence-corrected chi connectivity index (χ0v) is 19.3. The van der Waals surface area contributed by atoms with Crippen LogP contribution in [0.1, 0.15) is 11.1 Å². The number of ether oxygens (including phenoxy) is 2. The molecule has 0 heterocycles. The number of likely N-dealkylation sites (N-methyl/N-ethyl adjacent to an activating group) is 1. The molecule has 176 valence electrons. The van der Waals surface area contributed by atoms with E-state index >= 15 is 0 Å². The van der Waals surface area contributed by atoms with Gasteiger partial charge in [-0.3, -0.25) is 9.10 Å². The molecule has 0 N–H and O–H groups in total. The summed E-state index contributed by atoms with van der Waals surface area (Å²) in [4.78, 5) is 14.0. The Morgan fingerprint density at radius 3 is 2.22 bits per heavy atom. The highest BCUT2D eigenvalue weighted by atomic mass is 35.5. The number of anilines is 1. The van der Waals surface area contributed by atoms with E-state index in [4.69, 9.17) is 21.1 Å². The third-order valence-corrected chi connectivity index (χ3v) is 5.96. The van der Waals surface area contributed by atoms with E-state index in [1.807, 2.05) is 0 Å². The maximum absolute atomic E-state index is 13.1. The van der Waals surface area contributed by atoms with E-state index in [2.05, 4.69) is 0 Å². The molecule has 0 aromatic heterocycles. The molecule has 0 fully saturated rings. The largest absolute Gasteiger partial charge is 0.493 e. The topological polar surface area (TPSA) is 76.2 Å². The van der Waals surface area contributed by atoms with Crippen molar-refractivity contribution in [1.29, 1.82) is 0 Å². The Balaban J connectivity index is 2.30. The quantitative estimate of drug-likeness (QED) is 0.558. The number of halogens is 4. The molecular weight excluding hydrogens is 473 g/mol. The Morgan fingerprint density at radius 2 is 1.69 bits per heavy atom. The molecule has 1 amide bonds. The molecule has 0 radical (unpaired) electrons. The maximum atomic E-state index is 13.1. The van der Waals surface area contributed by atoms with E-state index in [0.717, 1.165) is 18.4 Å². The number of carbonyl (C=O) groups excluding carboxylic acids is 1. The number of amides is 1. The minimum Gasteiger partial charge on any atom is -0.493 e. The average molecular weight is 495 g/mol. The van der Waals surface area contributed by atoms with Gasteiger partial charge in [-0.25, -0.2) is 8.42 Å². The molecule has 12 heteroatoms. The number of benzene rings is 2. The molecule has 2 aromatic rings. The van der Waals surface area contributed by atoms with Crippen LogP contribution in [-0.4, -0.2) is 53.3 Å². The van der Waals surface area contributed by atoms with Crippen molar-refractivity contribution in [1.82, 2.24) is 4.90 Å². The predicted molar refractivity (Wildman–Crippen MR) is 115 cm³/mol. The number of alkyl halides is 3. The second-order valence-electron chi connectivity index (χ2n) is 6.87. The summed E-state index contributed by atoms with van der Waals surface area (Å²) < 4.78 is 74.8. The lowest BCUT2D eigenvalue weighted by Crippen LogP contribution is -2.41. The van der Waals surface area contributed by atoms with E-state index in [1.165, 1.54) is 26.2 Å². The van der Waals surface area contributed by atoms with Gasteiger partial charge in [-0.1, -0.05) is 17.7 Å². The molecule has 0 bridgehead atoms. The smallest absolute Gasteiger partial charge is 0.416 e. The van der Waals surface area contributed by atoms with Crippen molar-refractivity contribution in [3.8, 4) is 11.5 Å². The van der Waals surface area contributed by atoms with Gasteiger partial charge in [-0.2, -0.15) is 13.2 Å². The Labute approximate surface area is 189 Å². The van der Waals surface area contributed by atoms with E-state index in [-0.39, 0.29) is 11.6 Å².